The van der Waals surface area contributed by atoms with Crippen molar-refractivity contribution in [1.29, 1.82) is 5.26 Å². The molecule has 2 aliphatic heterocycles. The zero-order chi connectivity index (χ0) is 22.0. The normalized spacial score (nSPS) is 20.5. The van der Waals surface area contributed by atoms with Gasteiger partial charge in [0, 0.05) is 28.7 Å². The lowest BCUT2D eigenvalue weighted by Gasteiger charge is -2.38. The Morgan fingerprint density at radius 1 is 1.10 bits per heavy atom. The zero-order valence-corrected chi connectivity index (χ0v) is 18.7. The fourth-order valence-electron chi connectivity index (χ4n) is 4.21. The van der Waals surface area contributed by atoms with Crippen molar-refractivity contribution < 1.29 is 4.74 Å². The molecule has 4 nitrogen and oxygen atoms in total. The van der Waals surface area contributed by atoms with Crippen molar-refractivity contribution in [2.45, 2.75) is 19.3 Å². The van der Waals surface area contributed by atoms with Crippen molar-refractivity contribution in [1.82, 2.24) is 4.90 Å². The molecule has 2 aliphatic rings. The van der Waals surface area contributed by atoms with Crippen molar-refractivity contribution in [2.24, 2.45) is 5.73 Å². The third-order valence-electron chi connectivity index (χ3n) is 5.56. The molecule has 31 heavy (non-hydrogen) atoms. The minimum absolute atomic E-state index is 0.159. The summed E-state index contributed by atoms with van der Waals surface area (Å²) in [5, 5.41) is 11.2. The van der Waals surface area contributed by atoms with Crippen molar-refractivity contribution in [3.63, 3.8) is 0 Å². The number of nitriles is 1. The number of ether oxygens (including phenoxy) is 1. The lowest BCUT2D eigenvalue weighted by Crippen LogP contribution is -2.38. The van der Waals surface area contributed by atoms with E-state index in [0.29, 0.717) is 22.2 Å². The van der Waals surface area contributed by atoms with Crippen LogP contribution in [-0.4, -0.2) is 24.5 Å². The molecule has 0 saturated carbocycles. The Labute approximate surface area is 192 Å². The molecule has 0 aromatic heterocycles. The first-order valence-electron chi connectivity index (χ1n) is 10.2. The van der Waals surface area contributed by atoms with Gasteiger partial charge in [-0.1, -0.05) is 54.4 Å². The standard InChI is InChI=1S/C25H23Cl2N3O/c1-2-11-30-14-18(12-16-3-7-19(26)8-4-16)24-22(15-30)23(21(13-28)25(29)31-24)17-5-9-20(27)10-6-17/h3-10,12,23H,2,11,14-15,29H2,1H3/b18-12+/t23-/m1/s1. The van der Waals surface area contributed by atoms with Crippen LogP contribution in [0.25, 0.3) is 6.08 Å². The van der Waals surface area contributed by atoms with Crippen molar-refractivity contribution in [3.05, 3.63) is 98.1 Å². The average molecular weight is 452 g/mol. The monoisotopic (exact) mass is 451 g/mol. The van der Waals surface area contributed by atoms with E-state index in [1.807, 2.05) is 48.5 Å². The van der Waals surface area contributed by atoms with Gasteiger partial charge >= 0.3 is 0 Å². The molecule has 1 atom stereocenters. The van der Waals surface area contributed by atoms with E-state index in [4.69, 9.17) is 33.7 Å². The first-order valence-corrected chi connectivity index (χ1v) is 11.0. The van der Waals surface area contributed by atoms with E-state index >= 15 is 0 Å². The minimum Gasteiger partial charge on any atom is -0.440 e. The van der Waals surface area contributed by atoms with Crippen LogP contribution in [0.2, 0.25) is 10.0 Å². The third-order valence-corrected chi connectivity index (χ3v) is 6.06. The highest BCUT2D eigenvalue weighted by Crippen LogP contribution is 2.44. The molecule has 2 heterocycles. The number of nitrogens with two attached hydrogens (primary N) is 1. The quantitative estimate of drug-likeness (QED) is 0.631. The zero-order valence-electron chi connectivity index (χ0n) is 17.2. The molecule has 0 aliphatic carbocycles. The number of hydrogen-bond donors (Lipinski definition) is 1. The van der Waals surface area contributed by atoms with Gasteiger partial charge in [0.05, 0.1) is 5.92 Å². The van der Waals surface area contributed by atoms with Crippen LogP contribution in [0.5, 0.6) is 0 Å². The predicted molar refractivity (Wildman–Crippen MR) is 125 cm³/mol. The van der Waals surface area contributed by atoms with Crippen molar-refractivity contribution >= 4 is 29.3 Å². The number of hydrogen-bond acceptors (Lipinski definition) is 4. The lowest BCUT2D eigenvalue weighted by molar-refractivity contribution is 0.234. The molecule has 2 aromatic carbocycles. The molecule has 6 heteroatoms. The molecule has 0 amide bonds. The van der Waals surface area contributed by atoms with Crippen LogP contribution in [0.15, 0.2) is 76.9 Å². The van der Waals surface area contributed by atoms with Crippen LogP contribution in [0.3, 0.4) is 0 Å². The van der Waals surface area contributed by atoms with Gasteiger partial charge in [0.15, 0.2) is 0 Å². The van der Waals surface area contributed by atoms with E-state index in [0.717, 1.165) is 47.5 Å². The third kappa shape index (κ3) is 4.50. The lowest BCUT2D eigenvalue weighted by atomic mass is 9.80. The summed E-state index contributed by atoms with van der Waals surface area (Å²) in [6.07, 6.45) is 3.14. The number of allylic oxidation sites excluding steroid dienone is 1. The maximum atomic E-state index is 9.88. The first-order chi connectivity index (χ1) is 15.0. The van der Waals surface area contributed by atoms with E-state index in [2.05, 4.69) is 24.0 Å². The summed E-state index contributed by atoms with van der Waals surface area (Å²) in [6.45, 7) is 4.58. The van der Waals surface area contributed by atoms with Crippen molar-refractivity contribution in [3.8, 4) is 6.07 Å². The molecule has 0 unspecified atom stereocenters. The number of rotatable bonds is 4. The van der Waals surface area contributed by atoms with E-state index in [1.165, 1.54) is 0 Å². The summed E-state index contributed by atoms with van der Waals surface area (Å²) < 4.78 is 6.07. The Bertz CT molecular complexity index is 1110. The summed E-state index contributed by atoms with van der Waals surface area (Å²) in [5.41, 5.74) is 10.8. The second kappa shape index (κ2) is 9.20. The van der Waals surface area contributed by atoms with Crippen LogP contribution in [0.4, 0.5) is 0 Å². The molecule has 4 rings (SSSR count). The highest BCUT2D eigenvalue weighted by Gasteiger charge is 2.37. The summed E-state index contributed by atoms with van der Waals surface area (Å²) >= 11 is 12.2. The smallest absolute Gasteiger partial charge is 0.205 e. The molecule has 0 bridgehead atoms. The van der Waals surface area contributed by atoms with Gasteiger partial charge < -0.3 is 10.5 Å². The molecular weight excluding hydrogens is 429 g/mol. The fraction of sp³-hybridized carbons (Fsp3) is 0.240. The van der Waals surface area contributed by atoms with Crippen LogP contribution < -0.4 is 5.73 Å². The van der Waals surface area contributed by atoms with Crippen LogP contribution >= 0.6 is 23.2 Å². The summed E-state index contributed by atoms with van der Waals surface area (Å²) in [6, 6.07) is 17.6. The average Bonchev–Trinajstić information content (AvgIpc) is 2.76. The van der Waals surface area contributed by atoms with E-state index < -0.39 is 0 Å². The minimum atomic E-state index is -0.265. The Kier molecular flexibility index (Phi) is 6.38. The largest absolute Gasteiger partial charge is 0.440 e. The highest BCUT2D eigenvalue weighted by molar-refractivity contribution is 6.30. The summed E-state index contributed by atoms with van der Waals surface area (Å²) in [4.78, 5) is 2.38. The van der Waals surface area contributed by atoms with Gasteiger partial charge in [0.1, 0.15) is 17.4 Å². The Morgan fingerprint density at radius 2 is 1.74 bits per heavy atom. The van der Waals surface area contributed by atoms with E-state index in [-0.39, 0.29) is 11.8 Å². The van der Waals surface area contributed by atoms with Crippen molar-refractivity contribution in [2.75, 3.05) is 19.6 Å². The molecule has 2 aromatic rings. The second-order valence-corrected chi connectivity index (χ2v) is 8.64. The number of halogens is 2. The first kappa shape index (κ1) is 21.5. The number of nitrogens with zero attached hydrogens (tertiary/aromatic N) is 2. The van der Waals surface area contributed by atoms with Gasteiger partial charge in [-0.2, -0.15) is 5.26 Å². The molecule has 0 radical (unpaired) electrons. The Balaban J connectivity index is 1.85. The van der Waals surface area contributed by atoms with Crippen LogP contribution in [0, 0.1) is 11.3 Å². The van der Waals surface area contributed by atoms with Gasteiger partial charge in [-0.25, -0.2) is 0 Å². The van der Waals surface area contributed by atoms with E-state index in [9.17, 15) is 5.26 Å². The van der Waals surface area contributed by atoms with Gasteiger partial charge in [-0.05, 0) is 60.0 Å². The topological polar surface area (TPSA) is 62.3 Å². The van der Waals surface area contributed by atoms with E-state index in [1.54, 1.807) is 0 Å². The molecular formula is C25H23Cl2N3O. The highest BCUT2D eigenvalue weighted by atomic mass is 35.5. The SMILES string of the molecule is CCCN1CC2=C(OC(N)=C(C#N)[C@H]2c2ccc(Cl)cc2)/C(=C/c2ccc(Cl)cc2)C1. The maximum absolute atomic E-state index is 9.88. The van der Waals surface area contributed by atoms with Gasteiger partial charge in [0.2, 0.25) is 5.88 Å². The van der Waals surface area contributed by atoms with Gasteiger partial charge in [-0.3, -0.25) is 4.90 Å². The summed E-state index contributed by atoms with van der Waals surface area (Å²) in [5.74, 6) is 0.658. The summed E-state index contributed by atoms with van der Waals surface area (Å²) in [7, 11) is 0. The molecule has 2 N–H and O–H groups in total. The van der Waals surface area contributed by atoms with Crippen LogP contribution in [-0.2, 0) is 4.74 Å². The van der Waals surface area contributed by atoms with Gasteiger partial charge in [0.25, 0.3) is 0 Å². The molecule has 0 spiro atoms. The molecule has 0 fully saturated rings. The Hall–Kier alpha value is -2.71. The fourth-order valence-corrected chi connectivity index (χ4v) is 4.46. The molecule has 0 saturated heterocycles. The maximum Gasteiger partial charge on any atom is 0.205 e. The van der Waals surface area contributed by atoms with Gasteiger partial charge in [-0.15, -0.1) is 0 Å². The molecule has 158 valence electrons. The Morgan fingerprint density at radius 3 is 2.35 bits per heavy atom. The predicted octanol–water partition coefficient (Wildman–Crippen LogP) is 5.86. The van der Waals surface area contributed by atoms with Crippen LogP contribution in [0.1, 0.15) is 30.4 Å². The second-order valence-electron chi connectivity index (χ2n) is 7.76. The number of benzene rings is 2.